The molecule has 0 spiro atoms. The molecule has 0 bridgehead atoms. The normalized spacial score (nSPS) is 33.6. The average molecular weight is 256 g/mol. The van der Waals surface area contributed by atoms with Gasteiger partial charge in [-0.25, -0.2) is 0 Å². The molecular weight excluding hydrogens is 232 g/mol. The van der Waals surface area contributed by atoms with Crippen LogP contribution >= 0.6 is 11.8 Å². The topological polar surface area (TPSA) is 41.1 Å². The second-order valence-electron chi connectivity index (χ2n) is 5.14. The van der Waals surface area contributed by atoms with Gasteiger partial charge in [0.15, 0.2) is 0 Å². The van der Waals surface area contributed by atoms with Crippen molar-refractivity contribution in [2.24, 2.45) is 5.92 Å². The number of carbonyl (C=O) groups excluding carboxylic acids is 1. The molecule has 0 aromatic carbocycles. The van der Waals surface area contributed by atoms with E-state index in [2.05, 4.69) is 17.6 Å². The fraction of sp³-hybridized carbons (Fsp3) is 0.923. The molecule has 2 aliphatic rings. The highest BCUT2D eigenvalue weighted by molar-refractivity contribution is 7.99. The van der Waals surface area contributed by atoms with Gasteiger partial charge in [-0.3, -0.25) is 4.79 Å². The first kappa shape index (κ1) is 13.2. The zero-order valence-electron chi connectivity index (χ0n) is 10.7. The molecular formula is C13H24N2OS. The van der Waals surface area contributed by atoms with Gasteiger partial charge in [0.25, 0.3) is 0 Å². The van der Waals surface area contributed by atoms with Crippen LogP contribution in [0.4, 0.5) is 0 Å². The number of nitrogens with one attached hydrogen (secondary N) is 2. The average Bonchev–Trinajstić information content (AvgIpc) is 2.78. The van der Waals surface area contributed by atoms with Crippen molar-refractivity contribution < 1.29 is 4.79 Å². The van der Waals surface area contributed by atoms with E-state index >= 15 is 0 Å². The van der Waals surface area contributed by atoms with Crippen LogP contribution in [-0.2, 0) is 4.79 Å². The molecule has 98 valence electrons. The standard InChI is InChI=1S/C13H24N2OS/c1-2-17-12-6-5-11(8-12)15-13(16)10-4-3-7-14-9-10/h10-12,14H,2-9H2,1H3,(H,15,16). The largest absolute Gasteiger partial charge is 0.353 e. The number of carbonyl (C=O) groups is 1. The van der Waals surface area contributed by atoms with Crippen LogP contribution in [0.2, 0.25) is 0 Å². The van der Waals surface area contributed by atoms with Crippen LogP contribution in [0.5, 0.6) is 0 Å². The number of amides is 1. The quantitative estimate of drug-likeness (QED) is 0.805. The lowest BCUT2D eigenvalue weighted by molar-refractivity contribution is -0.126. The van der Waals surface area contributed by atoms with Gasteiger partial charge in [0.05, 0.1) is 5.92 Å². The maximum atomic E-state index is 12.1. The molecule has 1 saturated carbocycles. The Labute approximate surface area is 108 Å². The zero-order valence-corrected chi connectivity index (χ0v) is 11.5. The molecule has 3 unspecified atom stereocenters. The molecule has 1 heterocycles. The van der Waals surface area contributed by atoms with Gasteiger partial charge in [-0.05, 0) is 44.4 Å². The lowest BCUT2D eigenvalue weighted by Gasteiger charge is -2.24. The highest BCUT2D eigenvalue weighted by Crippen LogP contribution is 2.29. The van der Waals surface area contributed by atoms with E-state index in [4.69, 9.17) is 0 Å². The Morgan fingerprint density at radius 3 is 3.00 bits per heavy atom. The van der Waals surface area contributed by atoms with Crippen LogP contribution in [0.1, 0.15) is 39.0 Å². The molecule has 2 rings (SSSR count). The Morgan fingerprint density at radius 1 is 1.41 bits per heavy atom. The lowest BCUT2D eigenvalue weighted by Crippen LogP contribution is -2.43. The van der Waals surface area contributed by atoms with Crippen LogP contribution in [-0.4, -0.2) is 36.0 Å². The van der Waals surface area contributed by atoms with Crippen molar-refractivity contribution in [2.45, 2.75) is 50.3 Å². The van der Waals surface area contributed by atoms with Crippen molar-refractivity contribution in [3.8, 4) is 0 Å². The van der Waals surface area contributed by atoms with Gasteiger partial charge in [-0.15, -0.1) is 0 Å². The monoisotopic (exact) mass is 256 g/mol. The molecule has 2 fully saturated rings. The van der Waals surface area contributed by atoms with E-state index in [1.165, 1.54) is 25.0 Å². The maximum absolute atomic E-state index is 12.1. The third-order valence-electron chi connectivity index (χ3n) is 3.80. The molecule has 1 saturated heterocycles. The fourth-order valence-corrected chi connectivity index (χ4v) is 4.00. The molecule has 4 heteroatoms. The van der Waals surface area contributed by atoms with Crippen molar-refractivity contribution in [1.82, 2.24) is 10.6 Å². The summed E-state index contributed by atoms with van der Waals surface area (Å²) >= 11 is 2.04. The summed E-state index contributed by atoms with van der Waals surface area (Å²) in [5.74, 6) is 1.68. The van der Waals surface area contributed by atoms with Crippen LogP contribution in [0.15, 0.2) is 0 Å². The summed E-state index contributed by atoms with van der Waals surface area (Å²) in [6.07, 6.45) is 5.80. The first-order chi connectivity index (χ1) is 8.29. The summed E-state index contributed by atoms with van der Waals surface area (Å²) in [6.45, 7) is 4.15. The fourth-order valence-electron chi connectivity index (χ4n) is 2.85. The maximum Gasteiger partial charge on any atom is 0.224 e. The molecule has 1 aliphatic heterocycles. The number of piperidine rings is 1. The van der Waals surface area contributed by atoms with E-state index in [0.717, 1.165) is 31.2 Å². The predicted octanol–water partition coefficient (Wildman–Crippen LogP) is 1.78. The molecule has 1 amide bonds. The van der Waals surface area contributed by atoms with E-state index in [1.54, 1.807) is 0 Å². The Bertz CT molecular complexity index is 254. The van der Waals surface area contributed by atoms with Gasteiger partial charge in [0.1, 0.15) is 0 Å². The van der Waals surface area contributed by atoms with Gasteiger partial charge in [0.2, 0.25) is 5.91 Å². The van der Waals surface area contributed by atoms with Gasteiger partial charge < -0.3 is 10.6 Å². The van der Waals surface area contributed by atoms with Crippen LogP contribution in [0, 0.1) is 5.92 Å². The highest BCUT2D eigenvalue weighted by Gasteiger charge is 2.28. The molecule has 0 aromatic rings. The van der Waals surface area contributed by atoms with E-state index in [1.807, 2.05) is 11.8 Å². The molecule has 0 radical (unpaired) electrons. The third kappa shape index (κ3) is 3.88. The Balaban J connectivity index is 1.71. The second kappa shape index (κ2) is 6.64. The van der Waals surface area contributed by atoms with Crippen molar-refractivity contribution >= 4 is 17.7 Å². The van der Waals surface area contributed by atoms with Gasteiger partial charge >= 0.3 is 0 Å². The first-order valence-electron chi connectivity index (χ1n) is 6.92. The lowest BCUT2D eigenvalue weighted by atomic mass is 9.98. The molecule has 17 heavy (non-hydrogen) atoms. The van der Waals surface area contributed by atoms with Crippen LogP contribution in [0.3, 0.4) is 0 Å². The summed E-state index contributed by atoms with van der Waals surface area (Å²) in [7, 11) is 0. The summed E-state index contributed by atoms with van der Waals surface area (Å²) in [5.41, 5.74) is 0. The summed E-state index contributed by atoms with van der Waals surface area (Å²) in [5, 5.41) is 7.32. The number of hydrogen-bond donors (Lipinski definition) is 2. The minimum Gasteiger partial charge on any atom is -0.353 e. The molecule has 3 nitrogen and oxygen atoms in total. The SMILES string of the molecule is CCSC1CCC(NC(=O)C2CCCNC2)C1. The van der Waals surface area contributed by atoms with Crippen molar-refractivity contribution in [1.29, 1.82) is 0 Å². The van der Waals surface area contributed by atoms with Crippen LogP contribution < -0.4 is 10.6 Å². The number of thioether (sulfide) groups is 1. The van der Waals surface area contributed by atoms with Crippen LogP contribution in [0.25, 0.3) is 0 Å². The summed E-state index contributed by atoms with van der Waals surface area (Å²) in [4.78, 5) is 12.1. The third-order valence-corrected chi connectivity index (χ3v) is 5.03. The Hall–Kier alpha value is -0.220. The van der Waals surface area contributed by atoms with Gasteiger partial charge in [-0.2, -0.15) is 11.8 Å². The van der Waals surface area contributed by atoms with Crippen molar-refractivity contribution in [2.75, 3.05) is 18.8 Å². The summed E-state index contributed by atoms with van der Waals surface area (Å²) < 4.78 is 0. The minimum atomic E-state index is 0.210. The molecule has 1 aliphatic carbocycles. The number of rotatable bonds is 4. The first-order valence-corrected chi connectivity index (χ1v) is 7.97. The van der Waals surface area contributed by atoms with Gasteiger partial charge in [-0.1, -0.05) is 6.92 Å². The van der Waals surface area contributed by atoms with E-state index < -0.39 is 0 Å². The smallest absolute Gasteiger partial charge is 0.224 e. The highest BCUT2D eigenvalue weighted by atomic mass is 32.2. The second-order valence-corrected chi connectivity index (χ2v) is 6.72. The van der Waals surface area contributed by atoms with E-state index in [-0.39, 0.29) is 11.8 Å². The Kier molecular flexibility index (Phi) is 5.16. The zero-order chi connectivity index (χ0) is 12.1. The summed E-state index contributed by atoms with van der Waals surface area (Å²) in [6, 6.07) is 0.438. The van der Waals surface area contributed by atoms with Crippen molar-refractivity contribution in [3.05, 3.63) is 0 Å². The van der Waals surface area contributed by atoms with Gasteiger partial charge in [0, 0.05) is 17.8 Å². The van der Waals surface area contributed by atoms with Crippen molar-refractivity contribution in [3.63, 3.8) is 0 Å². The number of hydrogen-bond acceptors (Lipinski definition) is 3. The van der Waals surface area contributed by atoms with E-state index in [9.17, 15) is 4.79 Å². The molecule has 3 atom stereocenters. The van der Waals surface area contributed by atoms with E-state index in [0.29, 0.717) is 6.04 Å². The Morgan fingerprint density at radius 2 is 2.29 bits per heavy atom. The molecule has 2 N–H and O–H groups in total. The minimum absolute atomic E-state index is 0.210. The predicted molar refractivity (Wildman–Crippen MR) is 73.3 cm³/mol. The molecule has 0 aromatic heterocycles.